The smallest absolute Gasteiger partial charge is 0.305 e. The molecule has 0 unspecified atom stereocenters. The molecule has 0 radical (unpaired) electrons. The molecule has 0 spiro atoms. The molecule has 1 aromatic rings. The van der Waals surface area contributed by atoms with Gasteiger partial charge in [0.15, 0.2) is 0 Å². The molecule has 1 amide bonds. The van der Waals surface area contributed by atoms with Crippen LogP contribution in [0.4, 0.5) is 0 Å². The van der Waals surface area contributed by atoms with Crippen LogP contribution in [0.3, 0.4) is 0 Å². The lowest BCUT2D eigenvalue weighted by molar-refractivity contribution is -0.138. The molecule has 0 aliphatic rings. The lowest BCUT2D eigenvalue weighted by atomic mass is 10.1. The van der Waals surface area contributed by atoms with Crippen LogP contribution in [0.1, 0.15) is 31.4 Å². The van der Waals surface area contributed by atoms with Crippen molar-refractivity contribution in [3.63, 3.8) is 0 Å². The van der Waals surface area contributed by atoms with E-state index in [-0.39, 0.29) is 18.9 Å². The lowest BCUT2D eigenvalue weighted by Gasteiger charge is -2.20. The number of amides is 1. The molecule has 0 heterocycles. The third-order valence-corrected chi connectivity index (χ3v) is 2.85. The Morgan fingerprint density at radius 1 is 1.17 bits per heavy atom. The van der Waals surface area contributed by atoms with Crippen molar-refractivity contribution in [2.45, 2.75) is 33.2 Å². The first-order chi connectivity index (χ1) is 8.52. The minimum atomic E-state index is -0.886. The van der Waals surface area contributed by atoms with E-state index in [1.165, 1.54) is 12.5 Å². The van der Waals surface area contributed by atoms with Crippen molar-refractivity contribution < 1.29 is 14.7 Å². The molecule has 18 heavy (non-hydrogen) atoms. The number of hydrogen-bond donors (Lipinski definition) is 1. The van der Waals surface area contributed by atoms with Crippen LogP contribution in [0.25, 0.3) is 0 Å². The monoisotopic (exact) mass is 249 g/mol. The average Bonchev–Trinajstić information content (AvgIpc) is 2.34. The van der Waals surface area contributed by atoms with Crippen molar-refractivity contribution in [2.75, 3.05) is 6.54 Å². The molecule has 1 aromatic carbocycles. The second kappa shape index (κ2) is 6.79. The Morgan fingerprint density at radius 3 is 2.17 bits per heavy atom. The highest BCUT2D eigenvalue weighted by Crippen LogP contribution is 2.09. The Kier molecular flexibility index (Phi) is 5.36. The van der Waals surface area contributed by atoms with Gasteiger partial charge in [0.2, 0.25) is 5.91 Å². The summed E-state index contributed by atoms with van der Waals surface area (Å²) in [6.45, 7) is 4.26. The summed E-state index contributed by atoms with van der Waals surface area (Å²) in [5.74, 6) is -0.988. The number of hydrogen-bond acceptors (Lipinski definition) is 2. The predicted molar refractivity (Wildman–Crippen MR) is 69.2 cm³/mol. The molecule has 0 bridgehead atoms. The molecule has 0 fully saturated rings. The fourth-order valence-electron chi connectivity index (χ4n) is 1.68. The highest BCUT2D eigenvalue weighted by Gasteiger charge is 2.11. The quantitative estimate of drug-likeness (QED) is 0.839. The van der Waals surface area contributed by atoms with Gasteiger partial charge in [0.1, 0.15) is 0 Å². The normalized spacial score (nSPS) is 10.1. The zero-order valence-electron chi connectivity index (χ0n) is 10.8. The summed E-state index contributed by atoms with van der Waals surface area (Å²) in [7, 11) is 0. The van der Waals surface area contributed by atoms with E-state index in [4.69, 9.17) is 5.11 Å². The van der Waals surface area contributed by atoms with E-state index in [1.807, 2.05) is 24.3 Å². The number of rotatable bonds is 6. The molecule has 98 valence electrons. The molecule has 0 atom stereocenters. The summed E-state index contributed by atoms with van der Waals surface area (Å²) < 4.78 is 0. The van der Waals surface area contributed by atoms with Crippen LogP contribution in [0.5, 0.6) is 0 Å². The molecule has 1 rings (SSSR count). The van der Waals surface area contributed by atoms with E-state index in [1.54, 1.807) is 4.90 Å². The maximum absolute atomic E-state index is 11.4. The van der Waals surface area contributed by atoms with Crippen LogP contribution >= 0.6 is 0 Å². The first-order valence-electron chi connectivity index (χ1n) is 6.08. The highest BCUT2D eigenvalue weighted by molar-refractivity contribution is 5.74. The van der Waals surface area contributed by atoms with Crippen molar-refractivity contribution >= 4 is 11.9 Å². The van der Waals surface area contributed by atoms with Crippen LogP contribution in [0.15, 0.2) is 24.3 Å². The topological polar surface area (TPSA) is 57.6 Å². The minimum absolute atomic E-state index is 0.0212. The Hall–Kier alpha value is -1.84. The first kappa shape index (κ1) is 14.2. The highest BCUT2D eigenvalue weighted by atomic mass is 16.4. The van der Waals surface area contributed by atoms with E-state index in [0.717, 1.165) is 12.0 Å². The van der Waals surface area contributed by atoms with Crippen molar-refractivity contribution in [1.82, 2.24) is 4.90 Å². The Bertz CT molecular complexity index is 412. The van der Waals surface area contributed by atoms with Gasteiger partial charge in [-0.1, -0.05) is 31.2 Å². The first-order valence-corrected chi connectivity index (χ1v) is 6.08. The zero-order chi connectivity index (χ0) is 13.5. The Morgan fingerprint density at radius 2 is 1.72 bits per heavy atom. The Balaban J connectivity index is 2.64. The molecule has 0 saturated heterocycles. The van der Waals surface area contributed by atoms with Gasteiger partial charge >= 0.3 is 5.97 Å². The van der Waals surface area contributed by atoms with Gasteiger partial charge in [-0.2, -0.15) is 0 Å². The standard InChI is InChI=1S/C14H19NO3/c1-3-12-4-6-13(7-5-12)10-15(11(2)16)9-8-14(17)18/h4-7H,3,8-10H2,1-2H3,(H,17,18). The van der Waals surface area contributed by atoms with E-state index in [2.05, 4.69) is 6.92 Å². The molecule has 0 aliphatic carbocycles. The molecule has 4 heteroatoms. The summed E-state index contributed by atoms with van der Waals surface area (Å²) >= 11 is 0. The maximum Gasteiger partial charge on any atom is 0.305 e. The SMILES string of the molecule is CCc1ccc(CN(CCC(=O)O)C(C)=O)cc1. The number of aliphatic carboxylic acids is 1. The summed E-state index contributed by atoms with van der Waals surface area (Å²) in [6, 6.07) is 8.03. The number of carboxylic acid groups (broad SMARTS) is 1. The number of aryl methyl sites for hydroxylation is 1. The van der Waals surface area contributed by atoms with Crippen LogP contribution in [0.2, 0.25) is 0 Å². The Labute approximate surface area is 107 Å². The van der Waals surface area contributed by atoms with Crippen LogP contribution in [-0.4, -0.2) is 28.4 Å². The second-order valence-electron chi connectivity index (χ2n) is 4.25. The summed E-state index contributed by atoms with van der Waals surface area (Å²) in [5, 5.41) is 8.64. The van der Waals surface area contributed by atoms with Crippen LogP contribution in [0, 0.1) is 0 Å². The van der Waals surface area contributed by atoms with Gasteiger partial charge in [-0.15, -0.1) is 0 Å². The largest absolute Gasteiger partial charge is 0.481 e. The van der Waals surface area contributed by atoms with Crippen molar-refractivity contribution in [2.24, 2.45) is 0 Å². The fourth-order valence-corrected chi connectivity index (χ4v) is 1.68. The van der Waals surface area contributed by atoms with E-state index in [0.29, 0.717) is 6.54 Å². The zero-order valence-corrected chi connectivity index (χ0v) is 10.8. The van der Waals surface area contributed by atoms with Gasteiger partial charge in [0, 0.05) is 20.0 Å². The number of carboxylic acids is 1. The van der Waals surface area contributed by atoms with Gasteiger partial charge in [-0.3, -0.25) is 9.59 Å². The van der Waals surface area contributed by atoms with Crippen LogP contribution < -0.4 is 0 Å². The van der Waals surface area contributed by atoms with Gasteiger partial charge in [-0.05, 0) is 17.5 Å². The maximum atomic E-state index is 11.4. The summed E-state index contributed by atoms with van der Waals surface area (Å²) in [6.07, 6.45) is 0.961. The average molecular weight is 249 g/mol. The van der Waals surface area contributed by atoms with E-state index < -0.39 is 5.97 Å². The lowest BCUT2D eigenvalue weighted by Crippen LogP contribution is -2.30. The molecule has 4 nitrogen and oxygen atoms in total. The van der Waals surface area contributed by atoms with Gasteiger partial charge < -0.3 is 10.0 Å². The minimum Gasteiger partial charge on any atom is -0.481 e. The molecule has 1 N–H and O–H groups in total. The van der Waals surface area contributed by atoms with Crippen molar-refractivity contribution in [1.29, 1.82) is 0 Å². The number of benzene rings is 1. The molecule has 0 aromatic heterocycles. The summed E-state index contributed by atoms with van der Waals surface area (Å²) in [4.78, 5) is 23.5. The van der Waals surface area contributed by atoms with E-state index >= 15 is 0 Å². The summed E-state index contributed by atoms with van der Waals surface area (Å²) in [5.41, 5.74) is 2.27. The third-order valence-electron chi connectivity index (χ3n) is 2.85. The molecular formula is C14H19NO3. The molecule has 0 aliphatic heterocycles. The molecular weight excluding hydrogens is 230 g/mol. The van der Waals surface area contributed by atoms with Crippen molar-refractivity contribution in [3.8, 4) is 0 Å². The number of nitrogens with zero attached hydrogens (tertiary/aromatic N) is 1. The third kappa shape index (κ3) is 4.57. The molecule has 0 saturated carbocycles. The van der Waals surface area contributed by atoms with Crippen molar-refractivity contribution in [3.05, 3.63) is 35.4 Å². The number of carbonyl (C=O) groups is 2. The predicted octanol–water partition coefficient (Wildman–Crippen LogP) is 2.07. The number of carbonyl (C=O) groups excluding carboxylic acids is 1. The fraction of sp³-hybridized carbons (Fsp3) is 0.429. The second-order valence-corrected chi connectivity index (χ2v) is 4.25. The van der Waals surface area contributed by atoms with Gasteiger partial charge in [0.05, 0.1) is 6.42 Å². The van der Waals surface area contributed by atoms with E-state index in [9.17, 15) is 9.59 Å². The van der Waals surface area contributed by atoms with Gasteiger partial charge in [-0.25, -0.2) is 0 Å². The van der Waals surface area contributed by atoms with Crippen LogP contribution in [-0.2, 0) is 22.6 Å². The van der Waals surface area contributed by atoms with Gasteiger partial charge in [0.25, 0.3) is 0 Å².